The first-order valence-electron chi connectivity index (χ1n) is 10.2. The van der Waals surface area contributed by atoms with Crippen molar-refractivity contribution in [2.75, 3.05) is 12.3 Å². The molecule has 32 heavy (non-hydrogen) atoms. The Morgan fingerprint density at radius 1 is 1.00 bits per heavy atom. The molecule has 0 N–H and O–H groups in total. The number of oxazole rings is 1. The summed E-state index contributed by atoms with van der Waals surface area (Å²) in [5, 5.41) is 9.36. The molecule has 1 amide bonds. The van der Waals surface area contributed by atoms with Crippen molar-refractivity contribution < 1.29 is 13.6 Å². The smallest absolute Gasteiger partial charge is 0.257 e. The fraction of sp³-hybridized carbons (Fsp3) is 0.160. The van der Waals surface area contributed by atoms with Crippen molar-refractivity contribution in [2.24, 2.45) is 0 Å². The Hall–Kier alpha value is -3.76. The highest BCUT2D eigenvalue weighted by atomic mass is 32.2. The van der Waals surface area contributed by atoms with Gasteiger partial charge in [-0.05, 0) is 12.1 Å². The van der Waals surface area contributed by atoms with Crippen LogP contribution in [0, 0.1) is 11.3 Å². The van der Waals surface area contributed by atoms with Gasteiger partial charge in [0.15, 0.2) is 5.76 Å². The number of thioether (sulfide) groups is 1. The molecule has 0 aliphatic rings. The Bertz CT molecular complexity index is 1130. The quantitative estimate of drug-likeness (QED) is 0.312. The molecule has 4 aromatic rings. The van der Waals surface area contributed by atoms with Crippen LogP contribution in [0.15, 0.2) is 93.1 Å². The summed E-state index contributed by atoms with van der Waals surface area (Å²) in [4.78, 5) is 19.2. The Morgan fingerprint density at radius 3 is 2.38 bits per heavy atom. The standard InChI is InChI=1S/C25H21N3O3S/c26-14-8-15-28(17-21-13-7-16-30-21)22(29)18-32-25-27-23(19-9-3-1-4-10-19)24(31-25)20-11-5-2-6-12-20/h1-7,9-13,16H,8,15,17-18H2. The summed E-state index contributed by atoms with van der Waals surface area (Å²) in [5.74, 6) is 1.39. The van der Waals surface area contributed by atoms with Gasteiger partial charge in [-0.1, -0.05) is 72.4 Å². The average molecular weight is 444 g/mol. The molecule has 0 saturated carbocycles. The SMILES string of the molecule is N#CCCN(Cc1ccco1)C(=O)CSc1nc(-c2ccccc2)c(-c2ccccc2)o1. The second-order valence-electron chi connectivity index (χ2n) is 6.98. The zero-order valence-electron chi connectivity index (χ0n) is 17.3. The van der Waals surface area contributed by atoms with Gasteiger partial charge in [-0.2, -0.15) is 5.26 Å². The van der Waals surface area contributed by atoms with Crippen molar-refractivity contribution >= 4 is 17.7 Å². The van der Waals surface area contributed by atoms with E-state index in [0.29, 0.717) is 29.8 Å². The van der Waals surface area contributed by atoms with E-state index in [1.165, 1.54) is 11.8 Å². The Morgan fingerprint density at radius 2 is 1.72 bits per heavy atom. The molecule has 0 aliphatic carbocycles. The molecule has 0 fully saturated rings. The number of furan rings is 1. The van der Waals surface area contributed by atoms with Gasteiger partial charge in [-0.25, -0.2) is 4.98 Å². The second-order valence-corrected chi connectivity index (χ2v) is 7.91. The predicted molar refractivity (Wildman–Crippen MR) is 122 cm³/mol. The van der Waals surface area contributed by atoms with E-state index in [4.69, 9.17) is 14.1 Å². The number of amides is 1. The van der Waals surface area contributed by atoms with Crippen molar-refractivity contribution in [1.29, 1.82) is 5.26 Å². The third-order valence-electron chi connectivity index (χ3n) is 4.78. The van der Waals surface area contributed by atoms with Crippen molar-refractivity contribution in [3.8, 4) is 28.7 Å². The fourth-order valence-electron chi connectivity index (χ4n) is 3.22. The lowest BCUT2D eigenvalue weighted by molar-refractivity contribution is -0.129. The van der Waals surface area contributed by atoms with E-state index in [2.05, 4.69) is 11.1 Å². The second kappa shape index (κ2) is 10.5. The van der Waals surface area contributed by atoms with Crippen molar-refractivity contribution in [3.05, 3.63) is 84.8 Å². The maximum atomic E-state index is 12.9. The van der Waals surface area contributed by atoms with Gasteiger partial charge in [0.1, 0.15) is 11.5 Å². The number of carbonyl (C=O) groups is 1. The Labute approximate surface area is 190 Å². The summed E-state index contributed by atoms with van der Waals surface area (Å²) in [6, 6.07) is 25.3. The molecule has 0 aliphatic heterocycles. The zero-order valence-corrected chi connectivity index (χ0v) is 18.1. The number of aromatic nitrogens is 1. The Kier molecular flexibility index (Phi) is 7.05. The summed E-state index contributed by atoms with van der Waals surface area (Å²) < 4.78 is 11.4. The molecular weight excluding hydrogens is 422 g/mol. The molecule has 0 saturated heterocycles. The highest BCUT2D eigenvalue weighted by Gasteiger charge is 2.20. The molecule has 2 aromatic heterocycles. The van der Waals surface area contributed by atoms with Crippen LogP contribution in [0.2, 0.25) is 0 Å². The first-order valence-corrected chi connectivity index (χ1v) is 11.1. The van der Waals surface area contributed by atoms with E-state index in [0.717, 1.165) is 16.8 Å². The number of nitrogens with zero attached hydrogens (tertiary/aromatic N) is 3. The number of benzene rings is 2. The predicted octanol–water partition coefficient (Wildman–Crippen LogP) is 5.64. The van der Waals surface area contributed by atoms with Crippen LogP contribution in [0.4, 0.5) is 0 Å². The number of hydrogen-bond donors (Lipinski definition) is 0. The first kappa shape index (κ1) is 21.5. The van der Waals surface area contributed by atoms with E-state index in [9.17, 15) is 4.79 Å². The van der Waals surface area contributed by atoms with Crippen LogP contribution in [0.1, 0.15) is 12.2 Å². The maximum Gasteiger partial charge on any atom is 0.257 e. The van der Waals surface area contributed by atoms with Gasteiger partial charge in [0, 0.05) is 17.7 Å². The minimum absolute atomic E-state index is 0.109. The van der Waals surface area contributed by atoms with Gasteiger partial charge >= 0.3 is 0 Å². The molecule has 4 rings (SSSR count). The van der Waals surface area contributed by atoms with Crippen LogP contribution < -0.4 is 0 Å². The van der Waals surface area contributed by atoms with Crippen LogP contribution in [0.25, 0.3) is 22.6 Å². The normalized spacial score (nSPS) is 10.6. The Balaban J connectivity index is 1.53. The number of hydrogen-bond acceptors (Lipinski definition) is 6. The third-order valence-corrected chi connectivity index (χ3v) is 5.60. The number of nitriles is 1. The highest BCUT2D eigenvalue weighted by molar-refractivity contribution is 7.99. The van der Waals surface area contributed by atoms with Gasteiger partial charge in [0.2, 0.25) is 5.91 Å². The molecule has 0 bridgehead atoms. The summed E-state index contributed by atoms with van der Waals surface area (Å²) in [6.07, 6.45) is 1.83. The van der Waals surface area contributed by atoms with Crippen LogP contribution in [-0.4, -0.2) is 28.1 Å². The molecule has 0 atom stereocenters. The van der Waals surface area contributed by atoms with Gasteiger partial charge in [0.25, 0.3) is 5.22 Å². The van der Waals surface area contributed by atoms with Gasteiger partial charge < -0.3 is 13.7 Å². The fourth-order valence-corrected chi connectivity index (χ4v) is 3.95. The lowest BCUT2D eigenvalue weighted by Crippen LogP contribution is -2.32. The van der Waals surface area contributed by atoms with Crippen LogP contribution >= 0.6 is 11.8 Å². The largest absolute Gasteiger partial charge is 0.467 e. The molecule has 6 nitrogen and oxygen atoms in total. The molecule has 160 valence electrons. The highest BCUT2D eigenvalue weighted by Crippen LogP contribution is 2.35. The molecule has 2 heterocycles. The monoisotopic (exact) mass is 443 g/mol. The van der Waals surface area contributed by atoms with Crippen LogP contribution in [0.5, 0.6) is 0 Å². The van der Waals surface area contributed by atoms with Gasteiger partial charge in [-0.15, -0.1) is 0 Å². The molecule has 2 aromatic carbocycles. The van der Waals surface area contributed by atoms with E-state index < -0.39 is 0 Å². The third kappa shape index (κ3) is 5.29. The van der Waals surface area contributed by atoms with Crippen molar-refractivity contribution in [3.63, 3.8) is 0 Å². The molecular formula is C25H21N3O3S. The topological polar surface area (TPSA) is 83.3 Å². The van der Waals surface area contributed by atoms with E-state index in [1.807, 2.05) is 66.7 Å². The van der Waals surface area contributed by atoms with E-state index in [1.54, 1.807) is 17.2 Å². The molecule has 7 heteroatoms. The average Bonchev–Trinajstić information content (AvgIpc) is 3.51. The molecule has 0 spiro atoms. The summed E-state index contributed by atoms with van der Waals surface area (Å²) in [5.41, 5.74) is 2.61. The van der Waals surface area contributed by atoms with Gasteiger partial charge in [0.05, 0.1) is 31.1 Å². The van der Waals surface area contributed by atoms with E-state index in [-0.39, 0.29) is 18.1 Å². The summed E-state index contributed by atoms with van der Waals surface area (Å²) >= 11 is 1.24. The minimum atomic E-state index is -0.109. The van der Waals surface area contributed by atoms with Crippen LogP contribution in [-0.2, 0) is 11.3 Å². The van der Waals surface area contributed by atoms with Gasteiger partial charge in [-0.3, -0.25) is 4.79 Å². The van der Waals surface area contributed by atoms with Crippen LogP contribution in [0.3, 0.4) is 0 Å². The number of rotatable bonds is 9. The summed E-state index contributed by atoms with van der Waals surface area (Å²) in [7, 11) is 0. The lowest BCUT2D eigenvalue weighted by atomic mass is 10.1. The van der Waals surface area contributed by atoms with E-state index >= 15 is 0 Å². The minimum Gasteiger partial charge on any atom is -0.467 e. The zero-order chi connectivity index (χ0) is 22.2. The lowest BCUT2D eigenvalue weighted by Gasteiger charge is -2.19. The maximum absolute atomic E-state index is 12.9. The number of carbonyl (C=O) groups excluding carboxylic acids is 1. The summed E-state index contributed by atoms with van der Waals surface area (Å²) in [6.45, 7) is 0.664. The molecule has 0 radical (unpaired) electrons. The molecule has 0 unspecified atom stereocenters. The van der Waals surface area contributed by atoms with Crippen molar-refractivity contribution in [2.45, 2.75) is 18.2 Å². The van der Waals surface area contributed by atoms with Crippen molar-refractivity contribution in [1.82, 2.24) is 9.88 Å². The first-order chi connectivity index (χ1) is 15.7.